The summed E-state index contributed by atoms with van der Waals surface area (Å²) in [6.07, 6.45) is 2.40. The van der Waals surface area contributed by atoms with Gasteiger partial charge >= 0.3 is 0 Å². The number of aryl methyl sites for hydroxylation is 1. The van der Waals surface area contributed by atoms with Gasteiger partial charge in [0.15, 0.2) is 0 Å². The Hall–Kier alpha value is -3.23. The number of halogens is 1. The molecule has 1 amide bonds. The van der Waals surface area contributed by atoms with Crippen LogP contribution in [0.3, 0.4) is 0 Å². The topological polar surface area (TPSA) is 92.6 Å². The van der Waals surface area contributed by atoms with Crippen molar-refractivity contribution >= 4 is 34.2 Å². The first-order valence-electron chi connectivity index (χ1n) is 11.6. The fourth-order valence-corrected chi connectivity index (χ4v) is 5.48. The third kappa shape index (κ3) is 3.40. The minimum absolute atomic E-state index is 0.0561. The van der Waals surface area contributed by atoms with Crippen LogP contribution in [-0.4, -0.2) is 50.1 Å². The van der Waals surface area contributed by atoms with Crippen LogP contribution >= 0.6 is 11.6 Å². The van der Waals surface area contributed by atoms with Gasteiger partial charge in [-0.05, 0) is 61.1 Å². The minimum Gasteiger partial charge on any atom is -0.381 e. The van der Waals surface area contributed by atoms with Gasteiger partial charge < -0.3 is 14.6 Å². The summed E-state index contributed by atoms with van der Waals surface area (Å²) in [6, 6.07) is 9.57. The standard InChI is InChI=1S/C25H24ClN5O3/c1-14-11-21-20(27-24(32)23-29-28-22(31(21)23)15-6-9-34-10-7-15)12-18(14)25(33)30-8-5-17-16(13-30)3-2-4-19(17)26/h2-4,11-12,15H,5-10,13H2,1H3,(H,27,32). The summed E-state index contributed by atoms with van der Waals surface area (Å²) >= 11 is 6.34. The Kier molecular flexibility index (Phi) is 5.15. The molecule has 0 bridgehead atoms. The molecule has 0 atom stereocenters. The Morgan fingerprint density at radius 1 is 1.21 bits per heavy atom. The number of amides is 1. The second-order valence-corrected chi connectivity index (χ2v) is 9.50. The van der Waals surface area contributed by atoms with Crippen molar-refractivity contribution < 1.29 is 9.53 Å². The number of carbonyl (C=O) groups is 1. The molecule has 174 valence electrons. The van der Waals surface area contributed by atoms with Crippen LogP contribution in [0.15, 0.2) is 35.1 Å². The maximum Gasteiger partial charge on any atom is 0.294 e. The number of fused-ring (bicyclic) bond motifs is 4. The Morgan fingerprint density at radius 2 is 2.03 bits per heavy atom. The van der Waals surface area contributed by atoms with Gasteiger partial charge in [-0.25, -0.2) is 0 Å². The van der Waals surface area contributed by atoms with Gasteiger partial charge in [-0.2, -0.15) is 0 Å². The number of hydrogen-bond acceptors (Lipinski definition) is 5. The van der Waals surface area contributed by atoms with Gasteiger partial charge in [0.25, 0.3) is 11.5 Å². The molecule has 2 aromatic carbocycles. The normalized spacial score (nSPS) is 16.8. The second kappa shape index (κ2) is 8.21. The van der Waals surface area contributed by atoms with Gasteiger partial charge in [0.2, 0.25) is 5.65 Å². The van der Waals surface area contributed by atoms with Crippen LogP contribution in [0.25, 0.3) is 16.7 Å². The Labute approximate surface area is 200 Å². The summed E-state index contributed by atoms with van der Waals surface area (Å²) in [5, 5.41) is 9.30. The van der Waals surface area contributed by atoms with Crippen molar-refractivity contribution in [2.45, 2.75) is 38.6 Å². The average molecular weight is 478 g/mol. The zero-order valence-corrected chi connectivity index (χ0v) is 19.6. The highest BCUT2D eigenvalue weighted by atomic mass is 35.5. The summed E-state index contributed by atoms with van der Waals surface area (Å²) < 4.78 is 7.35. The monoisotopic (exact) mass is 477 g/mol. The molecule has 0 radical (unpaired) electrons. The van der Waals surface area contributed by atoms with E-state index in [-0.39, 0.29) is 23.0 Å². The molecule has 2 aromatic heterocycles. The summed E-state index contributed by atoms with van der Waals surface area (Å²) in [6.45, 7) is 4.38. The van der Waals surface area contributed by atoms with Gasteiger partial charge in [-0.1, -0.05) is 23.7 Å². The molecule has 0 unspecified atom stereocenters. The molecule has 0 spiro atoms. The van der Waals surface area contributed by atoms with Crippen molar-refractivity contribution in [2.24, 2.45) is 0 Å². The lowest BCUT2D eigenvalue weighted by atomic mass is 9.98. The lowest BCUT2D eigenvalue weighted by Gasteiger charge is -2.30. The largest absolute Gasteiger partial charge is 0.381 e. The molecule has 1 saturated heterocycles. The molecule has 34 heavy (non-hydrogen) atoms. The zero-order chi connectivity index (χ0) is 23.4. The van der Waals surface area contributed by atoms with E-state index in [1.54, 1.807) is 6.07 Å². The molecule has 4 aromatic rings. The van der Waals surface area contributed by atoms with E-state index in [2.05, 4.69) is 15.2 Å². The number of hydrogen-bond donors (Lipinski definition) is 1. The number of benzene rings is 2. The third-order valence-corrected chi connectivity index (χ3v) is 7.39. The van der Waals surface area contributed by atoms with Crippen molar-refractivity contribution in [1.82, 2.24) is 24.5 Å². The van der Waals surface area contributed by atoms with Crippen molar-refractivity contribution in [3.63, 3.8) is 0 Å². The number of aromatic amines is 1. The number of nitrogens with one attached hydrogen (secondary N) is 1. The summed E-state index contributed by atoms with van der Waals surface area (Å²) in [7, 11) is 0. The van der Waals surface area contributed by atoms with Crippen LogP contribution in [0.2, 0.25) is 5.02 Å². The van der Waals surface area contributed by atoms with E-state index in [9.17, 15) is 9.59 Å². The first kappa shape index (κ1) is 21.3. The molecule has 2 aliphatic rings. The fraction of sp³-hybridized carbons (Fsp3) is 0.360. The van der Waals surface area contributed by atoms with Crippen LogP contribution in [0.5, 0.6) is 0 Å². The van der Waals surface area contributed by atoms with Gasteiger partial charge in [-0.3, -0.25) is 14.0 Å². The van der Waals surface area contributed by atoms with Crippen LogP contribution in [-0.2, 0) is 17.7 Å². The maximum absolute atomic E-state index is 13.5. The number of aromatic nitrogens is 4. The van der Waals surface area contributed by atoms with Gasteiger partial charge in [0, 0.05) is 42.8 Å². The lowest BCUT2D eigenvalue weighted by molar-refractivity contribution is 0.0734. The molecule has 9 heteroatoms. The quantitative estimate of drug-likeness (QED) is 0.476. The summed E-state index contributed by atoms with van der Waals surface area (Å²) in [4.78, 5) is 31.1. The van der Waals surface area contributed by atoms with Crippen LogP contribution < -0.4 is 5.56 Å². The van der Waals surface area contributed by atoms with Crippen LogP contribution in [0.4, 0.5) is 0 Å². The highest BCUT2D eigenvalue weighted by Gasteiger charge is 2.26. The SMILES string of the molecule is Cc1cc2c(cc1C(=O)N1CCc3c(Cl)cccc3C1)[nH]c(=O)c1nnc(C3CCOCC3)n12. The highest BCUT2D eigenvalue weighted by Crippen LogP contribution is 2.30. The van der Waals surface area contributed by atoms with Crippen molar-refractivity contribution in [2.75, 3.05) is 19.8 Å². The predicted molar refractivity (Wildman–Crippen MR) is 129 cm³/mol. The van der Waals surface area contributed by atoms with E-state index in [0.717, 1.165) is 52.3 Å². The molecule has 8 nitrogen and oxygen atoms in total. The third-order valence-electron chi connectivity index (χ3n) is 7.04. The van der Waals surface area contributed by atoms with Crippen molar-refractivity contribution in [1.29, 1.82) is 0 Å². The smallest absolute Gasteiger partial charge is 0.294 e. The van der Waals surface area contributed by atoms with E-state index in [0.29, 0.717) is 37.4 Å². The van der Waals surface area contributed by atoms with Crippen LogP contribution in [0, 0.1) is 6.92 Å². The number of ether oxygens (including phenoxy) is 1. The van der Waals surface area contributed by atoms with E-state index in [1.165, 1.54) is 0 Å². The van der Waals surface area contributed by atoms with Crippen molar-refractivity contribution in [3.8, 4) is 0 Å². The molecular formula is C25H24ClN5O3. The lowest BCUT2D eigenvalue weighted by Crippen LogP contribution is -2.36. The first-order valence-corrected chi connectivity index (χ1v) is 11.9. The molecule has 0 aliphatic carbocycles. The number of nitrogens with zero attached hydrogens (tertiary/aromatic N) is 4. The van der Waals surface area contributed by atoms with E-state index >= 15 is 0 Å². The van der Waals surface area contributed by atoms with Gasteiger partial charge in [-0.15, -0.1) is 10.2 Å². The molecule has 0 saturated carbocycles. The minimum atomic E-state index is -0.317. The number of H-pyrrole nitrogens is 1. The number of rotatable bonds is 2. The summed E-state index contributed by atoms with van der Waals surface area (Å²) in [5.74, 6) is 0.896. The first-order chi connectivity index (χ1) is 16.5. The van der Waals surface area contributed by atoms with Crippen molar-refractivity contribution in [3.05, 3.63) is 73.8 Å². The Bertz CT molecular complexity index is 1500. The van der Waals surface area contributed by atoms with Gasteiger partial charge in [0.05, 0.1) is 11.0 Å². The average Bonchev–Trinajstić information content (AvgIpc) is 3.31. The fourth-order valence-electron chi connectivity index (χ4n) is 5.19. The summed E-state index contributed by atoms with van der Waals surface area (Å²) in [5.41, 5.74) is 4.96. The number of carbonyl (C=O) groups excluding carboxylic acids is 1. The van der Waals surface area contributed by atoms with E-state index < -0.39 is 0 Å². The molecule has 1 fully saturated rings. The molecular weight excluding hydrogens is 454 g/mol. The van der Waals surface area contributed by atoms with Gasteiger partial charge in [0.1, 0.15) is 5.82 Å². The maximum atomic E-state index is 13.5. The molecule has 1 N–H and O–H groups in total. The Balaban J connectivity index is 1.42. The molecule has 6 rings (SSSR count). The zero-order valence-electron chi connectivity index (χ0n) is 18.8. The Morgan fingerprint density at radius 3 is 2.85 bits per heavy atom. The highest BCUT2D eigenvalue weighted by molar-refractivity contribution is 6.31. The van der Waals surface area contributed by atoms with Crippen LogP contribution in [0.1, 0.15) is 51.6 Å². The molecule has 2 aliphatic heterocycles. The second-order valence-electron chi connectivity index (χ2n) is 9.10. The predicted octanol–water partition coefficient (Wildman–Crippen LogP) is 3.63. The van der Waals surface area contributed by atoms with E-state index in [1.807, 2.05) is 40.5 Å². The van der Waals surface area contributed by atoms with E-state index in [4.69, 9.17) is 16.3 Å². The molecule has 4 heterocycles.